The summed E-state index contributed by atoms with van der Waals surface area (Å²) < 4.78 is 0. The Bertz CT molecular complexity index is 528. The minimum Gasteiger partial charge on any atom is -0.479 e. The van der Waals surface area contributed by atoms with Crippen LogP contribution in [-0.4, -0.2) is 17.0 Å². The van der Waals surface area contributed by atoms with Gasteiger partial charge in [0, 0.05) is 6.42 Å². The molecule has 0 saturated heterocycles. The SMILES string of the molecule is CC(C)CCCCCCCCCCCC(=O)N[C@H](C(=O)O)c1ccccc1. The number of carboxylic acid groups (broad SMARTS) is 1. The monoisotopic (exact) mass is 375 g/mol. The third kappa shape index (κ3) is 11.5. The Labute approximate surface area is 164 Å². The van der Waals surface area contributed by atoms with Gasteiger partial charge in [-0.25, -0.2) is 4.79 Å². The average molecular weight is 376 g/mol. The zero-order chi connectivity index (χ0) is 19.9. The summed E-state index contributed by atoms with van der Waals surface area (Å²) in [6.07, 6.45) is 12.6. The number of aliphatic carboxylic acids is 1. The highest BCUT2D eigenvalue weighted by atomic mass is 16.4. The zero-order valence-electron chi connectivity index (χ0n) is 17.1. The number of benzene rings is 1. The zero-order valence-corrected chi connectivity index (χ0v) is 17.1. The maximum Gasteiger partial charge on any atom is 0.330 e. The van der Waals surface area contributed by atoms with Crippen LogP contribution in [0.25, 0.3) is 0 Å². The van der Waals surface area contributed by atoms with Crippen molar-refractivity contribution in [3.63, 3.8) is 0 Å². The molecular weight excluding hydrogens is 338 g/mol. The Balaban J connectivity index is 2.06. The quantitative estimate of drug-likeness (QED) is 0.376. The summed E-state index contributed by atoms with van der Waals surface area (Å²) >= 11 is 0. The van der Waals surface area contributed by atoms with Gasteiger partial charge >= 0.3 is 5.97 Å². The van der Waals surface area contributed by atoms with E-state index < -0.39 is 12.0 Å². The number of carbonyl (C=O) groups excluding carboxylic acids is 1. The van der Waals surface area contributed by atoms with Crippen molar-refractivity contribution >= 4 is 11.9 Å². The van der Waals surface area contributed by atoms with Gasteiger partial charge in [-0.3, -0.25) is 4.79 Å². The van der Waals surface area contributed by atoms with E-state index in [4.69, 9.17) is 0 Å². The molecule has 152 valence electrons. The largest absolute Gasteiger partial charge is 0.479 e. The molecule has 0 aliphatic heterocycles. The van der Waals surface area contributed by atoms with Gasteiger partial charge in [0.05, 0.1) is 0 Å². The number of hydrogen-bond donors (Lipinski definition) is 2. The summed E-state index contributed by atoms with van der Waals surface area (Å²) in [4.78, 5) is 23.4. The predicted octanol–water partition coefficient (Wildman–Crippen LogP) is 5.88. The number of nitrogens with one attached hydrogen (secondary N) is 1. The van der Waals surface area contributed by atoms with Gasteiger partial charge in [0.1, 0.15) is 0 Å². The summed E-state index contributed by atoms with van der Waals surface area (Å²) in [6, 6.07) is 7.87. The van der Waals surface area contributed by atoms with Crippen LogP contribution in [0.1, 0.15) is 96.1 Å². The Morgan fingerprint density at radius 2 is 1.37 bits per heavy atom. The van der Waals surface area contributed by atoms with E-state index in [1.54, 1.807) is 24.3 Å². The molecule has 0 heterocycles. The van der Waals surface area contributed by atoms with E-state index in [2.05, 4.69) is 19.2 Å². The predicted molar refractivity (Wildman–Crippen MR) is 111 cm³/mol. The Hall–Kier alpha value is -1.84. The Morgan fingerprint density at radius 1 is 0.852 bits per heavy atom. The minimum absolute atomic E-state index is 0.184. The molecule has 0 aliphatic rings. The molecule has 27 heavy (non-hydrogen) atoms. The van der Waals surface area contributed by atoms with Gasteiger partial charge in [0.2, 0.25) is 5.91 Å². The van der Waals surface area contributed by atoms with E-state index in [0.717, 1.165) is 25.2 Å². The van der Waals surface area contributed by atoms with Crippen molar-refractivity contribution in [3.8, 4) is 0 Å². The molecular formula is C23H37NO3. The summed E-state index contributed by atoms with van der Waals surface area (Å²) in [5, 5.41) is 12.0. The van der Waals surface area contributed by atoms with Crippen LogP contribution in [0.3, 0.4) is 0 Å². The molecule has 0 fully saturated rings. The molecule has 1 atom stereocenters. The lowest BCUT2D eigenvalue weighted by Crippen LogP contribution is -2.33. The van der Waals surface area contributed by atoms with Crippen LogP contribution in [0.2, 0.25) is 0 Å². The molecule has 0 bridgehead atoms. The van der Waals surface area contributed by atoms with E-state index in [9.17, 15) is 14.7 Å². The second kappa shape index (κ2) is 14.2. The van der Waals surface area contributed by atoms with Gasteiger partial charge in [-0.1, -0.05) is 102 Å². The molecule has 0 aromatic heterocycles. The third-order valence-corrected chi connectivity index (χ3v) is 4.87. The van der Waals surface area contributed by atoms with Crippen LogP contribution in [0.4, 0.5) is 0 Å². The van der Waals surface area contributed by atoms with Gasteiger partial charge in [-0.2, -0.15) is 0 Å². The Kier molecular flexibility index (Phi) is 12.2. The van der Waals surface area contributed by atoms with Crippen molar-refractivity contribution < 1.29 is 14.7 Å². The summed E-state index contributed by atoms with van der Waals surface area (Å²) in [7, 11) is 0. The highest BCUT2D eigenvalue weighted by Crippen LogP contribution is 2.15. The van der Waals surface area contributed by atoms with Crippen LogP contribution in [-0.2, 0) is 9.59 Å². The summed E-state index contributed by atoms with van der Waals surface area (Å²) in [5.74, 6) is -0.389. The van der Waals surface area contributed by atoms with Crippen molar-refractivity contribution in [2.24, 2.45) is 5.92 Å². The lowest BCUT2D eigenvalue weighted by molar-refractivity contribution is -0.142. The van der Waals surface area contributed by atoms with Crippen LogP contribution in [0, 0.1) is 5.92 Å². The number of amides is 1. The van der Waals surface area contributed by atoms with Crippen molar-refractivity contribution in [3.05, 3.63) is 35.9 Å². The average Bonchev–Trinajstić information content (AvgIpc) is 2.64. The first-order chi connectivity index (χ1) is 13.0. The highest BCUT2D eigenvalue weighted by Gasteiger charge is 2.21. The van der Waals surface area contributed by atoms with E-state index in [1.165, 1.54) is 44.9 Å². The van der Waals surface area contributed by atoms with Gasteiger partial charge in [-0.05, 0) is 17.9 Å². The molecule has 0 saturated carbocycles. The molecule has 0 aliphatic carbocycles. The lowest BCUT2D eigenvalue weighted by atomic mass is 10.0. The molecule has 1 rings (SSSR count). The van der Waals surface area contributed by atoms with E-state index in [-0.39, 0.29) is 5.91 Å². The first-order valence-electron chi connectivity index (χ1n) is 10.6. The van der Waals surface area contributed by atoms with Gasteiger partial charge in [0.15, 0.2) is 6.04 Å². The summed E-state index contributed by atoms with van der Waals surface area (Å²) in [6.45, 7) is 4.56. The lowest BCUT2D eigenvalue weighted by Gasteiger charge is -2.14. The number of rotatable bonds is 15. The van der Waals surface area contributed by atoms with Crippen LogP contribution in [0.5, 0.6) is 0 Å². The fraction of sp³-hybridized carbons (Fsp3) is 0.652. The maximum atomic E-state index is 12.0. The number of carbonyl (C=O) groups is 2. The highest BCUT2D eigenvalue weighted by molar-refractivity contribution is 5.84. The third-order valence-electron chi connectivity index (χ3n) is 4.87. The molecule has 1 amide bonds. The van der Waals surface area contributed by atoms with Gasteiger partial charge in [-0.15, -0.1) is 0 Å². The Morgan fingerprint density at radius 3 is 1.89 bits per heavy atom. The second-order valence-electron chi connectivity index (χ2n) is 7.86. The van der Waals surface area contributed by atoms with Crippen molar-refractivity contribution in [1.82, 2.24) is 5.32 Å². The molecule has 1 aromatic carbocycles. The number of hydrogen-bond acceptors (Lipinski definition) is 2. The second-order valence-corrected chi connectivity index (χ2v) is 7.86. The minimum atomic E-state index is -1.03. The molecule has 2 N–H and O–H groups in total. The van der Waals surface area contributed by atoms with Gasteiger partial charge in [0.25, 0.3) is 0 Å². The van der Waals surface area contributed by atoms with Crippen molar-refractivity contribution in [2.45, 2.75) is 90.5 Å². The normalized spacial score (nSPS) is 12.1. The van der Waals surface area contributed by atoms with E-state index in [1.807, 2.05) is 6.07 Å². The van der Waals surface area contributed by atoms with Crippen LogP contribution < -0.4 is 5.32 Å². The number of carboxylic acids is 1. The fourth-order valence-electron chi connectivity index (χ4n) is 3.24. The fourth-order valence-corrected chi connectivity index (χ4v) is 3.24. The van der Waals surface area contributed by atoms with E-state index >= 15 is 0 Å². The first kappa shape index (κ1) is 23.2. The molecule has 0 spiro atoms. The topological polar surface area (TPSA) is 66.4 Å². The molecule has 0 radical (unpaired) electrons. The molecule has 1 aromatic rings. The first-order valence-corrected chi connectivity index (χ1v) is 10.6. The van der Waals surface area contributed by atoms with Crippen LogP contribution in [0.15, 0.2) is 30.3 Å². The van der Waals surface area contributed by atoms with Gasteiger partial charge < -0.3 is 10.4 Å². The standard InChI is InChI=1S/C23H37NO3/c1-19(2)15-11-8-6-4-3-5-7-9-14-18-21(25)24-22(23(26)27)20-16-12-10-13-17-20/h10,12-13,16-17,19,22H,3-9,11,14-15,18H2,1-2H3,(H,24,25)(H,26,27)/t22-/m0/s1. The molecule has 4 nitrogen and oxygen atoms in total. The van der Waals surface area contributed by atoms with E-state index in [0.29, 0.717) is 12.0 Å². The number of unbranched alkanes of at least 4 members (excludes halogenated alkanes) is 8. The maximum absolute atomic E-state index is 12.0. The van der Waals surface area contributed by atoms with Crippen LogP contribution >= 0.6 is 0 Å². The summed E-state index contributed by atoms with van der Waals surface area (Å²) in [5.41, 5.74) is 0.603. The molecule has 4 heteroatoms. The van der Waals surface area contributed by atoms with Crippen molar-refractivity contribution in [2.75, 3.05) is 0 Å². The smallest absolute Gasteiger partial charge is 0.330 e. The van der Waals surface area contributed by atoms with Crippen molar-refractivity contribution in [1.29, 1.82) is 0 Å². The molecule has 0 unspecified atom stereocenters.